The first-order chi connectivity index (χ1) is 13.2. The number of fused-ring (bicyclic) bond motifs is 1. The van der Waals surface area contributed by atoms with Crippen LogP contribution in [0.2, 0.25) is 0 Å². The van der Waals surface area contributed by atoms with Gasteiger partial charge in [-0.05, 0) is 18.6 Å². The number of rotatable bonds is 7. The number of anilines is 1. The zero-order chi connectivity index (χ0) is 19.1. The molecule has 2 heterocycles. The monoisotopic (exact) mass is 367 g/mol. The molecule has 8 heteroatoms. The normalized spacial score (nSPS) is 12.7. The van der Waals surface area contributed by atoms with E-state index in [-0.39, 0.29) is 24.7 Å². The second kappa shape index (κ2) is 8.96. The topological polar surface area (TPSA) is 109 Å². The smallest absolute Gasteiger partial charge is 0.224 e. The highest BCUT2D eigenvalue weighted by molar-refractivity contribution is 5.92. The quantitative estimate of drug-likeness (QED) is 0.774. The van der Waals surface area contributed by atoms with E-state index in [1.54, 1.807) is 30.5 Å². The molecular formula is C19H21N5O3. The van der Waals surface area contributed by atoms with Crippen LogP contribution in [-0.4, -0.2) is 28.0 Å². The van der Waals surface area contributed by atoms with Gasteiger partial charge in [-0.3, -0.25) is 9.59 Å². The third-order valence-electron chi connectivity index (χ3n) is 4.31. The molecule has 1 aliphatic rings. The fourth-order valence-electron chi connectivity index (χ4n) is 2.89. The molecule has 0 aliphatic carbocycles. The molecule has 2 aromatic rings. The zero-order valence-electron chi connectivity index (χ0n) is 14.9. The van der Waals surface area contributed by atoms with E-state index in [0.717, 1.165) is 18.1 Å². The first-order valence-electron chi connectivity index (χ1n) is 8.84. The molecule has 0 radical (unpaired) electrons. The van der Waals surface area contributed by atoms with Crippen LogP contribution < -0.4 is 10.6 Å². The summed E-state index contributed by atoms with van der Waals surface area (Å²) in [6.45, 7) is 2.30. The summed E-state index contributed by atoms with van der Waals surface area (Å²) in [4.78, 5) is 28.3. The van der Waals surface area contributed by atoms with Crippen molar-refractivity contribution in [2.45, 2.75) is 39.0 Å². The molecule has 0 unspecified atom stereocenters. The number of imidazole rings is 1. The fraction of sp³-hybridized carbons (Fsp3) is 0.368. The molecule has 8 nitrogen and oxygen atoms in total. The van der Waals surface area contributed by atoms with Crippen molar-refractivity contribution in [3.8, 4) is 6.07 Å². The Hall–Kier alpha value is -3.18. The van der Waals surface area contributed by atoms with Gasteiger partial charge in [-0.15, -0.1) is 0 Å². The summed E-state index contributed by atoms with van der Waals surface area (Å²) < 4.78 is 7.40. The average molecular weight is 367 g/mol. The van der Waals surface area contributed by atoms with E-state index < -0.39 is 0 Å². The third kappa shape index (κ3) is 4.92. The van der Waals surface area contributed by atoms with Crippen LogP contribution in [-0.2, 0) is 34.0 Å². The Morgan fingerprint density at radius 2 is 2.07 bits per heavy atom. The Kier molecular flexibility index (Phi) is 6.18. The Bertz CT molecular complexity index is 868. The van der Waals surface area contributed by atoms with Crippen LogP contribution in [0, 0.1) is 11.3 Å². The second-order valence-corrected chi connectivity index (χ2v) is 6.21. The molecule has 2 N–H and O–H groups in total. The molecule has 1 aliphatic heterocycles. The number of para-hydroxylation sites is 1. The van der Waals surface area contributed by atoms with Crippen molar-refractivity contribution in [2.75, 3.05) is 11.9 Å². The van der Waals surface area contributed by atoms with Crippen LogP contribution in [0.1, 0.15) is 36.3 Å². The van der Waals surface area contributed by atoms with Gasteiger partial charge < -0.3 is 19.9 Å². The van der Waals surface area contributed by atoms with Crippen molar-refractivity contribution in [1.29, 1.82) is 5.26 Å². The maximum absolute atomic E-state index is 12.0. The van der Waals surface area contributed by atoms with Gasteiger partial charge in [0.25, 0.3) is 0 Å². The number of nitrogens with zero attached hydrogens (tertiary/aromatic N) is 3. The Balaban J connectivity index is 1.39. The summed E-state index contributed by atoms with van der Waals surface area (Å²) in [6.07, 6.45) is 2.67. The lowest BCUT2D eigenvalue weighted by molar-refractivity contribution is -0.121. The number of carbonyl (C=O) groups excluding carboxylic acids is 2. The third-order valence-corrected chi connectivity index (χ3v) is 4.31. The maximum atomic E-state index is 12.0. The van der Waals surface area contributed by atoms with E-state index in [1.807, 2.05) is 6.07 Å². The largest absolute Gasteiger partial charge is 0.372 e. The predicted octanol–water partition coefficient (Wildman–Crippen LogP) is 1.71. The number of hydrogen-bond acceptors (Lipinski definition) is 5. The summed E-state index contributed by atoms with van der Waals surface area (Å²) in [5.74, 6) is 0.554. The lowest BCUT2D eigenvalue weighted by Crippen LogP contribution is -2.26. The zero-order valence-corrected chi connectivity index (χ0v) is 14.9. The molecule has 27 heavy (non-hydrogen) atoms. The number of aromatic nitrogens is 2. The van der Waals surface area contributed by atoms with Crippen molar-refractivity contribution in [3.05, 3.63) is 47.5 Å². The van der Waals surface area contributed by atoms with E-state index in [0.29, 0.717) is 37.4 Å². The Labute approximate surface area is 157 Å². The number of hydrogen-bond donors (Lipinski definition) is 2. The van der Waals surface area contributed by atoms with Crippen LogP contribution in [0.15, 0.2) is 30.5 Å². The van der Waals surface area contributed by atoms with Crippen LogP contribution in [0.25, 0.3) is 0 Å². The van der Waals surface area contributed by atoms with Crippen molar-refractivity contribution in [1.82, 2.24) is 14.9 Å². The van der Waals surface area contributed by atoms with Crippen molar-refractivity contribution >= 4 is 17.5 Å². The van der Waals surface area contributed by atoms with E-state index in [4.69, 9.17) is 10.00 Å². The number of carbonyl (C=O) groups is 2. The number of nitriles is 1. The first-order valence-corrected chi connectivity index (χ1v) is 8.84. The molecule has 1 aromatic heterocycles. The van der Waals surface area contributed by atoms with Gasteiger partial charge in [-0.1, -0.05) is 12.1 Å². The van der Waals surface area contributed by atoms with Gasteiger partial charge in [0.15, 0.2) is 0 Å². The molecule has 0 saturated heterocycles. The first kappa shape index (κ1) is 18.6. The molecule has 0 bridgehead atoms. The molecule has 0 atom stereocenters. The molecule has 0 fully saturated rings. The highest BCUT2D eigenvalue weighted by Gasteiger charge is 2.15. The van der Waals surface area contributed by atoms with Gasteiger partial charge in [0, 0.05) is 19.4 Å². The fourth-order valence-corrected chi connectivity index (χ4v) is 2.89. The Morgan fingerprint density at radius 1 is 1.26 bits per heavy atom. The number of ether oxygens (including phenoxy) is 1. The molecule has 1 aromatic carbocycles. The van der Waals surface area contributed by atoms with Gasteiger partial charge in [0.05, 0.1) is 36.3 Å². The van der Waals surface area contributed by atoms with Gasteiger partial charge in [-0.2, -0.15) is 5.26 Å². The molecular weight excluding hydrogens is 346 g/mol. The summed E-state index contributed by atoms with van der Waals surface area (Å²) >= 11 is 0. The summed E-state index contributed by atoms with van der Waals surface area (Å²) in [6, 6.07) is 8.85. The predicted molar refractivity (Wildman–Crippen MR) is 97.4 cm³/mol. The highest BCUT2D eigenvalue weighted by Crippen LogP contribution is 2.14. The number of nitrogens with one attached hydrogen (secondary N) is 2. The van der Waals surface area contributed by atoms with Crippen LogP contribution in [0.4, 0.5) is 5.69 Å². The average Bonchev–Trinajstić information content (AvgIpc) is 3.10. The van der Waals surface area contributed by atoms with E-state index in [2.05, 4.69) is 20.2 Å². The second-order valence-electron chi connectivity index (χ2n) is 6.21. The Morgan fingerprint density at radius 3 is 2.93 bits per heavy atom. The van der Waals surface area contributed by atoms with Crippen LogP contribution in [0.3, 0.4) is 0 Å². The minimum atomic E-state index is -0.213. The lowest BCUT2D eigenvalue weighted by Gasteiger charge is -2.17. The molecule has 0 spiro atoms. The molecule has 3 rings (SSSR count). The number of amides is 2. The van der Waals surface area contributed by atoms with E-state index in [1.165, 1.54) is 0 Å². The summed E-state index contributed by atoms with van der Waals surface area (Å²) in [7, 11) is 0. The van der Waals surface area contributed by atoms with Crippen molar-refractivity contribution in [3.63, 3.8) is 0 Å². The van der Waals surface area contributed by atoms with Crippen molar-refractivity contribution < 1.29 is 14.3 Å². The van der Waals surface area contributed by atoms with E-state index >= 15 is 0 Å². The number of benzene rings is 1. The maximum Gasteiger partial charge on any atom is 0.224 e. The minimum Gasteiger partial charge on any atom is -0.372 e. The standard InChI is InChI=1S/C19H21N5O3/c20-10-14-4-1-2-5-16(14)23-19(26)7-3-6-18(25)22-12-15-11-21-17-13-27-9-8-24(15)17/h1-2,4-5,11H,3,6-9,12-13H2,(H,22,25)(H,23,26). The van der Waals surface area contributed by atoms with Gasteiger partial charge in [-0.25, -0.2) is 4.98 Å². The SMILES string of the molecule is N#Cc1ccccc1NC(=O)CCCC(=O)NCc1cnc2n1CCOC2. The lowest BCUT2D eigenvalue weighted by atomic mass is 10.1. The molecule has 0 saturated carbocycles. The van der Waals surface area contributed by atoms with Crippen molar-refractivity contribution in [2.24, 2.45) is 0 Å². The van der Waals surface area contributed by atoms with Crippen LogP contribution in [0.5, 0.6) is 0 Å². The minimum absolute atomic E-state index is 0.108. The summed E-state index contributed by atoms with van der Waals surface area (Å²) in [5, 5.41) is 14.6. The van der Waals surface area contributed by atoms with Gasteiger partial charge in [0.1, 0.15) is 18.5 Å². The van der Waals surface area contributed by atoms with E-state index in [9.17, 15) is 9.59 Å². The summed E-state index contributed by atoms with van der Waals surface area (Å²) in [5.41, 5.74) is 1.86. The van der Waals surface area contributed by atoms with Gasteiger partial charge in [0.2, 0.25) is 11.8 Å². The van der Waals surface area contributed by atoms with Crippen LogP contribution >= 0.6 is 0 Å². The van der Waals surface area contributed by atoms with Gasteiger partial charge >= 0.3 is 0 Å². The highest BCUT2D eigenvalue weighted by atomic mass is 16.5. The molecule has 140 valence electrons. The molecule has 2 amide bonds.